The Morgan fingerprint density at radius 2 is 2.25 bits per heavy atom. The molecule has 1 aromatic rings. The Hall–Kier alpha value is -0.960. The summed E-state index contributed by atoms with van der Waals surface area (Å²) >= 11 is 0. The zero-order valence-electron chi connectivity index (χ0n) is 11.9. The van der Waals surface area contributed by atoms with Crippen LogP contribution in [-0.2, 0) is 21.3 Å². The van der Waals surface area contributed by atoms with Crippen LogP contribution in [0.1, 0.15) is 19.8 Å². The number of nitrogens with one attached hydrogen (secondary N) is 2. The monoisotopic (exact) mass is 302 g/mol. The number of ether oxygens (including phenoxy) is 1. The molecule has 0 unspecified atom stereocenters. The molecule has 7 nitrogen and oxygen atoms in total. The summed E-state index contributed by atoms with van der Waals surface area (Å²) < 4.78 is 33.8. The molecular formula is C12H22N4O3S. The molecule has 114 valence electrons. The second kappa shape index (κ2) is 6.66. The first-order valence-corrected chi connectivity index (χ1v) is 8.31. The van der Waals surface area contributed by atoms with Gasteiger partial charge in [0.1, 0.15) is 4.90 Å². The number of sulfonamides is 1. The number of likely N-dealkylation sites (N-methyl/N-ethyl adjacent to an activating group) is 1. The summed E-state index contributed by atoms with van der Waals surface area (Å²) in [4.78, 5) is 0.217. The second-order valence-electron chi connectivity index (χ2n) is 4.94. The lowest BCUT2D eigenvalue weighted by Gasteiger charge is -2.34. The summed E-state index contributed by atoms with van der Waals surface area (Å²) in [5.74, 6) is 0. The number of rotatable bonds is 8. The number of aromatic nitrogens is 2. The van der Waals surface area contributed by atoms with Crippen LogP contribution < -0.4 is 10.0 Å². The van der Waals surface area contributed by atoms with Crippen molar-refractivity contribution < 1.29 is 13.2 Å². The smallest absolute Gasteiger partial charge is 0.243 e. The summed E-state index contributed by atoms with van der Waals surface area (Å²) in [5.41, 5.74) is 0. The lowest BCUT2D eigenvalue weighted by molar-refractivity contribution is 0.0236. The van der Waals surface area contributed by atoms with E-state index < -0.39 is 10.0 Å². The van der Waals surface area contributed by atoms with Gasteiger partial charge in [-0.1, -0.05) is 6.92 Å². The second-order valence-corrected chi connectivity index (χ2v) is 6.65. The highest BCUT2D eigenvalue weighted by Gasteiger charge is 2.33. The van der Waals surface area contributed by atoms with Crippen LogP contribution in [0.25, 0.3) is 0 Å². The SMILES string of the molecule is CCNCCn1cc(S(=O)(=O)NC2CC(OC)C2)cn1. The van der Waals surface area contributed by atoms with E-state index in [1.54, 1.807) is 18.0 Å². The fraction of sp³-hybridized carbons (Fsp3) is 0.750. The van der Waals surface area contributed by atoms with E-state index in [2.05, 4.69) is 15.1 Å². The van der Waals surface area contributed by atoms with E-state index >= 15 is 0 Å². The highest BCUT2D eigenvalue weighted by Crippen LogP contribution is 2.24. The molecule has 0 radical (unpaired) electrons. The zero-order chi connectivity index (χ0) is 14.6. The summed E-state index contributed by atoms with van der Waals surface area (Å²) in [7, 11) is -1.83. The van der Waals surface area contributed by atoms with E-state index in [-0.39, 0.29) is 17.0 Å². The van der Waals surface area contributed by atoms with E-state index in [4.69, 9.17) is 4.74 Å². The predicted molar refractivity (Wildman–Crippen MR) is 74.9 cm³/mol. The number of nitrogens with zero attached hydrogens (tertiary/aromatic N) is 2. The first-order chi connectivity index (χ1) is 9.55. The molecular weight excluding hydrogens is 280 g/mol. The molecule has 0 spiro atoms. The van der Waals surface area contributed by atoms with Crippen molar-refractivity contribution in [2.24, 2.45) is 0 Å². The van der Waals surface area contributed by atoms with E-state index in [1.165, 1.54) is 6.20 Å². The van der Waals surface area contributed by atoms with Gasteiger partial charge in [-0.25, -0.2) is 13.1 Å². The van der Waals surface area contributed by atoms with Gasteiger partial charge in [0, 0.05) is 25.9 Å². The van der Waals surface area contributed by atoms with Gasteiger partial charge in [-0.2, -0.15) is 5.10 Å². The Bertz CT molecular complexity index is 523. The van der Waals surface area contributed by atoms with E-state index in [1.807, 2.05) is 6.92 Å². The molecule has 0 atom stereocenters. The third-order valence-corrected chi connectivity index (χ3v) is 4.91. The summed E-state index contributed by atoms with van der Waals surface area (Å²) in [5, 5.41) is 7.24. The van der Waals surface area contributed by atoms with Crippen LogP contribution in [0.4, 0.5) is 0 Å². The van der Waals surface area contributed by atoms with Gasteiger partial charge in [0.25, 0.3) is 0 Å². The lowest BCUT2D eigenvalue weighted by Crippen LogP contribution is -2.47. The van der Waals surface area contributed by atoms with Crippen molar-refractivity contribution >= 4 is 10.0 Å². The molecule has 0 aliphatic heterocycles. The van der Waals surface area contributed by atoms with Gasteiger partial charge in [-0.3, -0.25) is 4.68 Å². The fourth-order valence-corrected chi connectivity index (χ4v) is 3.33. The van der Waals surface area contributed by atoms with Gasteiger partial charge in [-0.15, -0.1) is 0 Å². The first kappa shape index (κ1) is 15.4. The van der Waals surface area contributed by atoms with Crippen molar-refractivity contribution in [3.63, 3.8) is 0 Å². The Kier molecular flexibility index (Phi) is 5.14. The third kappa shape index (κ3) is 3.78. The molecule has 1 heterocycles. The Morgan fingerprint density at radius 3 is 2.90 bits per heavy atom. The average Bonchev–Trinajstić information content (AvgIpc) is 2.83. The van der Waals surface area contributed by atoms with Gasteiger partial charge in [0.15, 0.2) is 0 Å². The molecule has 0 bridgehead atoms. The maximum atomic E-state index is 12.2. The van der Waals surface area contributed by atoms with E-state index in [9.17, 15) is 8.42 Å². The topological polar surface area (TPSA) is 85.2 Å². The van der Waals surface area contributed by atoms with Crippen LogP contribution in [0.5, 0.6) is 0 Å². The minimum atomic E-state index is -3.47. The normalized spacial score (nSPS) is 22.7. The van der Waals surface area contributed by atoms with Gasteiger partial charge in [0.05, 0.1) is 18.8 Å². The van der Waals surface area contributed by atoms with E-state index in [0.717, 1.165) is 25.9 Å². The summed E-state index contributed by atoms with van der Waals surface area (Å²) in [6.45, 7) is 4.33. The molecule has 8 heteroatoms. The predicted octanol–water partition coefficient (Wildman–Crippen LogP) is -0.0517. The third-order valence-electron chi connectivity index (χ3n) is 3.44. The van der Waals surface area contributed by atoms with Crippen molar-refractivity contribution in [2.75, 3.05) is 20.2 Å². The molecule has 1 saturated carbocycles. The van der Waals surface area contributed by atoms with Gasteiger partial charge < -0.3 is 10.1 Å². The molecule has 0 aromatic carbocycles. The van der Waals surface area contributed by atoms with E-state index in [0.29, 0.717) is 6.54 Å². The van der Waals surface area contributed by atoms with Crippen molar-refractivity contribution in [2.45, 2.75) is 43.4 Å². The van der Waals surface area contributed by atoms with Gasteiger partial charge in [-0.05, 0) is 19.4 Å². The van der Waals surface area contributed by atoms with Crippen LogP contribution >= 0.6 is 0 Å². The van der Waals surface area contributed by atoms with Crippen molar-refractivity contribution in [1.82, 2.24) is 19.8 Å². The van der Waals surface area contributed by atoms with Gasteiger partial charge in [0.2, 0.25) is 10.0 Å². The highest BCUT2D eigenvalue weighted by atomic mass is 32.2. The molecule has 1 aliphatic carbocycles. The van der Waals surface area contributed by atoms with Crippen LogP contribution in [0.3, 0.4) is 0 Å². The van der Waals surface area contributed by atoms with Crippen molar-refractivity contribution in [3.8, 4) is 0 Å². The molecule has 2 N–H and O–H groups in total. The molecule has 1 aliphatic rings. The molecule has 2 rings (SSSR count). The zero-order valence-corrected chi connectivity index (χ0v) is 12.7. The first-order valence-electron chi connectivity index (χ1n) is 6.83. The van der Waals surface area contributed by atoms with Crippen LogP contribution in [0.15, 0.2) is 17.3 Å². The maximum Gasteiger partial charge on any atom is 0.243 e. The average molecular weight is 302 g/mol. The van der Waals surface area contributed by atoms with Crippen LogP contribution in [-0.4, -0.2) is 50.5 Å². The Morgan fingerprint density at radius 1 is 1.50 bits per heavy atom. The number of hydrogen-bond donors (Lipinski definition) is 2. The molecule has 0 amide bonds. The largest absolute Gasteiger partial charge is 0.381 e. The van der Waals surface area contributed by atoms with Crippen molar-refractivity contribution in [3.05, 3.63) is 12.4 Å². The molecule has 0 saturated heterocycles. The summed E-state index contributed by atoms with van der Waals surface area (Å²) in [6, 6.07) is -0.0324. The lowest BCUT2D eigenvalue weighted by atomic mass is 9.90. The van der Waals surface area contributed by atoms with Gasteiger partial charge >= 0.3 is 0 Å². The number of methoxy groups -OCH3 is 1. The van der Waals surface area contributed by atoms with Crippen LogP contribution in [0.2, 0.25) is 0 Å². The van der Waals surface area contributed by atoms with Crippen LogP contribution in [0, 0.1) is 0 Å². The van der Waals surface area contributed by atoms with Crippen molar-refractivity contribution in [1.29, 1.82) is 0 Å². The standard InChI is InChI=1S/C12H22N4O3S/c1-3-13-4-5-16-9-12(8-14-16)20(17,18)15-10-6-11(7-10)19-2/h8-11,13,15H,3-7H2,1-2H3. The minimum absolute atomic E-state index is 0.0324. The Labute approximate surface area is 119 Å². The summed E-state index contributed by atoms with van der Waals surface area (Å²) in [6.07, 6.45) is 4.58. The minimum Gasteiger partial charge on any atom is -0.381 e. The number of hydrogen-bond acceptors (Lipinski definition) is 5. The highest BCUT2D eigenvalue weighted by molar-refractivity contribution is 7.89. The molecule has 20 heavy (non-hydrogen) atoms. The quantitative estimate of drug-likeness (QED) is 0.658. The maximum absolute atomic E-state index is 12.2. The molecule has 1 fully saturated rings. The molecule has 1 aromatic heterocycles. The Balaban J connectivity index is 1.89. The fourth-order valence-electron chi connectivity index (χ4n) is 2.12.